The number of hydrogen-bond acceptors (Lipinski definition) is 4. The van der Waals surface area contributed by atoms with E-state index in [9.17, 15) is 9.59 Å². The van der Waals surface area contributed by atoms with Crippen LogP contribution >= 0.6 is 0 Å². The molecule has 0 saturated carbocycles. The van der Waals surface area contributed by atoms with E-state index in [1.54, 1.807) is 31.2 Å². The van der Waals surface area contributed by atoms with Crippen LogP contribution in [0.3, 0.4) is 0 Å². The van der Waals surface area contributed by atoms with E-state index in [1.165, 1.54) is 0 Å². The lowest BCUT2D eigenvalue weighted by molar-refractivity contribution is -0.151. The molecule has 0 aliphatic heterocycles. The Kier molecular flexibility index (Phi) is 7.17. The summed E-state index contributed by atoms with van der Waals surface area (Å²) >= 11 is 0. The molecule has 4 nitrogen and oxygen atoms in total. The van der Waals surface area contributed by atoms with Gasteiger partial charge < -0.3 is 9.47 Å². The van der Waals surface area contributed by atoms with Crippen LogP contribution in [-0.4, -0.2) is 24.5 Å². The first-order valence-corrected chi connectivity index (χ1v) is 9.70. The lowest BCUT2D eigenvalue weighted by atomic mass is 10.0. The number of Topliss-reactive ketones (excluding diaryl/α,β-unsaturated/α-hetero) is 1. The second kappa shape index (κ2) is 10.2. The van der Waals surface area contributed by atoms with Crippen molar-refractivity contribution in [2.45, 2.75) is 25.9 Å². The molecule has 0 bridgehead atoms. The highest BCUT2D eigenvalue weighted by Gasteiger charge is 2.22. The van der Waals surface area contributed by atoms with Crippen LogP contribution in [0.5, 0.6) is 5.75 Å². The summed E-state index contributed by atoms with van der Waals surface area (Å²) in [7, 11) is 0. The van der Waals surface area contributed by atoms with Crippen LogP contribution in [0.25, 0.3) is 0 Å². The molecule has 0 saturated heterocycles. The third-order valence-corrected chi connectivity index (χ3v) is 4.48. The standard InChI is InChI=1S/C25H24O4/c1-2-28-25(27)24(18-20-11-7-4-8-12-20)29-22-15-13-21(14-16-22)23(26)17-19-9-5-3-6-10-19/h3-16,24H,2,17-18H2,1H3. The Balaban J connectivity index is 1.68. The first kappa shape index (κ1) is 20.3. The number of ketones is 1. The van der Waals surface area contributed by atoms with E-state index in [0.717, 1.165) is 11.1 Å². The molecule has 0 N–H and O–H groups in total. The van der Waals surface area contributed by atoms with E-state index in [2.05, 4.69) is 0 Å². The highest BCUT2D eigenvalue weighted by Crippen LogP contribution is 2.18. The molecule has 0 aliphatic rings. The van der Waals surface area contributed by atoms with Gasteiger partial charge >= 0.3 is 5.97 Å². The zero-order valence-corrected chi connectivity index (χ0v) is 16.4. The van der Waals surface area contributed by atoms with Gasteiger partial charge in [0, 0.05) is 18.4 Å². The number of benzene rings is 3. The minimum atomic E-state index is -0.747. The number of carbonyl (C=O) groups excluding carboxylic acids is 2. The van der Waals surface area contributed by atoms with Gasteiger partial charge in [0.25, 0.3) is 0 Å². The van der Waals surface area contributed by atoms with Crippen molar-refractivity contribution in [2.75, 3.05) is 6.61 Å². The zero-order valence-electron chi connectivity index (χ0n) is 16.4. The topological polar surface area (TPSA) is 52.6 Å². The van der Waals surface area contributed by atoms with E-state index in [0.29, 0.717) is 30.8 Å². The fourth-order valence-corrected chi connectivity index (χ4v) is 3.00. The summed E-state index contributed by atoms with van der Waals surface area (Å²) in [5, 5.41) is 0. The molecule has 1 unspecified atom stereocenters. The van der Waals surface area contributed by atoms with Crippen LogP contribution in [0.1, 0.15) is 28.4 Å². The average Bonchev–Trinajstić information content (AvgIpc) is 2.75. The SMILES string of the molecule is CCOC(=O)C(Cc1ccccc1)Oc1ccc(C(=O)Cc2ccccc2)cc1. The smallest absolute Gasteiger partial charge is 0.347 e. The van der Waals surface area contributed by atoms with Crippen molar-refractivity contribution in [2.24, 2.45) is 0 Å². The Morgan fingerprint density at radius 2 is 1.38 bits per heavy atom. The average molecular weight is 388 g/mol. The van der Waals surface area contributed by atoms with Gasteiger partial charge in [-0.2, -0.15) is 0 Å². The van der Waals surface area contributed by atoms with Gasteiger partial charge in [0.05, 0.1) is 6.61 Å². The Morgan fingerprint density at radius 3 is 1.97 bits per heavy atom. The van der Waals surface area contributed by atoms with E-state index in [1.807, 2.05) is 60.7 Å². The minimum Gasteiger partial charge on any atom is -0.478 e. The number of rotatable bonds is 9. The molecule has 3 rings (SSSR count). The zero-order chi connectivity index (χ0) is 20.5. The van der Waals surface area contributed by atoms with Crippen molar-refractivity contribution in [3.8, 4) is 5.75 Å². The molecular weight excluding hydrogens is 364 g/mol. The fourth-order valence-electron chi connectivity index (χ4n) is 3.00. The van der Waals surface area contributed by atoms with Crippen molar-refractivity contribution in [1.29, 1.82) is 0 Å². The molecule has 0 amide bonds. The molecule has 0 radical (unpaired) electrons. The predicted octanol–water partition coefficient (Wildman–Crippen LogP) is 4.67. The van der Waals surface area contributed by atoms with E-state index >= 15 is 0 Å². The second-order valence-corrected chi connectivity index (χ2v) is 6.66. The molecule has 3 aromatic rings. The first-order chi connectivity index (χ1) is 14.2. The minimum absolute atomic E-state index is 0.0361. The first-order valence-electron chi connectivity index (χ1n) is 9.70. The molecule has 0 fully saturated rings. The van der Waals surface area contributed by atoms with Gasteiger partial charge in [0.2, 0.25) is 0 Å². The summed E-state index contributed by atoms with van der Waals surface area (Å²) in [6.07, 6.45) is 0.0118. The molecule has 1 atom stereocenters. The Morgan fingerprint density at radius 1 is 0.793 bits per heavy atom. The lowest BCUT2D eigenvalue weighted by Gasteiger charge is -2.18. The number of carbonyl (C=O) groups is 2. The Labute approximate surface area is 171 Å². The van der Waals surface area contributed by atoms with Crippen molar-refractivity contribution in [3.63, 3.8) is 0 Å². The van der Waals surface area contributed by atoms with Gasteiger partial charge in [-0.3, -0.25) is 4.79 Å². The van der Waals surface area contributed by atoms with E-state index in [-0.39, 0.29) is 5.78 Å². The van der Waals surface area contributed by atoms with Gasteiger partial charge in [0.15, 0.2) is 11.9 Å². The van der Waals surface area contributed by atoms with Crippen LogP contribution in [0.2, 0.25) is 0 Å². The van der Waals surface area contributed by atoms with Crippen molar-refractivity contribution < 1.29 is 19.1 Å². The third kappa shape index (κ3) is 6.04. The number of ether oxygens (including phenoxy) is 2. The molecule has 0 spiro atoms. The predicted molar refractivity (Wildman–Crippen MR) is 112 cm³/mol. The van der Waals surface area contributed by atoms with Gasteiger partial charge in [-0.05, 0) is 42.3 Å². The molecule has 29 heavy (non-hydrogen) atoms. The van der Waals surface area contributed by atoms with Crippen LogP contribution in [0.4, 0.5) is 0 Å². The van der Waals surface area contributed by atoms with Gasteiger partial charge in [-0.1, -0.05) is 60.7 Å². The molecule has 148 valence electrons. The molecule has 0 aromatic heterocycles. The Hall–Kier alpha value is -3.40. The third-order valence-electron chi connectivity index (χ3n) is 4.48. The van der Waals surface area contributed by atoms with E-state index < -0.39 is 12.1 Å². The summed E-state index contributed by atoms with van der Waals surface area (Å²) in [4.78, 5) is 24.8. The maximum Gasteiger partial charge on any atom is 0.347 e. The largest absolute Gasteiger partial charge is 0.478 e. The molecule has 0 aliphatic carbocycles. The normalized spacial score (nSPS) is 11.5. The van der Waals surface area contributed by atoms with Gasteiger partial charge in [0.1, 0.15) is 5.75 Å². The maximum atomic E-state index is 12.5. The quantitative estimate of drug-likeness (QED) is 0.395. The second-order valence-electron chi connectivity index (χ2n) is 6.66. The maximum absolute atomic E-state index is 12.5. The Bertz CT molecular complexity index is 918. The summed E-state index contributed by atoms with van der Waals surface area (Å²) in [6.45, 7) is 2.06. The summed E-state index contributed by atoms with van der Waals surface area (Å²) in [5.41, 5.74) is 2.57. The summed E-state index contributed by atoms with van der Waals surface area (Å²) in [5.74, 6) is 0.157. The number of esters is 1. The highest BCUT2D eigenvalue weighted by atomic mass is 16.6. The fraction of sp³-hybridized carbons (Fsp3) is 0.200. The lowest BCUT2D eigenvalue weighted by Crippen LogP contribution is -2.31. The van der Waals surface area contributed by atoms with Crippen molar-refractivity contribution >= 4 is 11.8 Å². The van der Waals surface area contributed by atoms with Crippen molar-refractivity contribution in [1.82, 2.24) is 0 Å². The van der Waals surface area contributed by atoms with Crippen LogP contribution in [-0.2, 0) is 22.4 Å². The summed E-state index contributed by atoms with van der Waals surface area (Å²) in [6, 6.07) is 26.2. The summed E-state index contributed by atoms with van der Waals surface area (Å²) < 4.78 is 11.1. The highest BCUT2D eigenvalue weighted by molar-refractivity contribution is 5.97. The monoisotopic (exact) mass is 388 g/mol. The van der Waals surface area contributed by atoms with Crippen LogP contribution in [0, 0.1) is 0 Å². The van der Waals surface area contributed by atoms with Crippen molar-refractivity contribution in [3.05, 3.63) is 102 Å². The molecular formula is C25H24O4. The molecule has 3 aromatic carbocycles. The van der Waals surface area contributed by atoms with Crippen LogP contribution in [0.15, 0.2) is 84.9 Å². The molecule has 0 heterocycles. The van der Waals surface area contributed by atoms with E-state index in [4.69, 9.17) is 9.47 Å². The molecule has 4 heteroatoms. The van der Waals surface area contributed by atoms with Crippen LogP contribution < -0.4 is 4.74 Å². The van der Waals surface area contributed by atoms with Gasteiger partial charge in [-0.15, -0.1) is 0 Å². The van der Waals surface area contributed by atoms with Gasteiger partial charge in [-0.25, -0.2) is 4.79 Å². The number of hydrogen-bond donors (Lipinski definition) is 0.